The van der Waals surface area contributed by atoms with E-state index in [9.17, 15) is 4.79 Å². The van der Waals surface area contributed by atoms with Crippen LogP contribution in [0.15, 0.2) is 23.0 Å². The molecule has 0 bridgehead atoms. The van der Waals surface area contributed by atoms with Crippen LogP contribution in [-0.4, -0.2) is 67.2 Å². The van der Waals surface area contributed by atoms with Crippen LogP contribution in [0.4, 0.5) is 5.82 Å². The molecule has 3 aromatic heterocycles. The number of aromatic nitrogens is 6. The molecule has 0 saturated carbocycles. The molecule has 32 heavy (non-hydrogen) atoms. The van der Waals surface area contributed by atoms with Crippen LogP contribution in [0.2, 0.25) is 0 Å². The minimum absolute atomic E-state index is 0.0825. The summed E-state index contributed by atoms with van der Waals surface area (Å²) in [6, 6.07) is 5.32. The lowest BCUT2D eigenvalue weighted by Gasteiger charge is -2.36. The number of aryl methyl sites for hydroxylation is 4. The molecule has 3 aromatic rings. The maximum atomic E-state index is 12.4. The highest BCUT2D eigenvalue weighted by Crippen LogP contribution is 2.29. The van der Waals surface area contributed by atoms with Crippen LogP contribution < -0.4 is 10.5 Å². The maximum absolute atomic E-state index is 12.4. The lowest BCUT2D eigenvalue weighted by molar-refractivity contribution is 0.242. The molecule has 168 valence electrons. The molecule has 9 nitrogen and oxygen atoms in total. The number of hydrogen-bond donors (Lipinski definition) is 0. The molecule has 0 N–H and O–H groups in total. The highest BCUT2D eigenvalue weighted by Gasteiger charge is 2.25. The summed E-state index contributed by atoms with van der Waals surface area (Å²) in [5.74, 6) is 2.68. The van der Waals surface area contributed by atoms with E-state index in [2.05, 4.69) is 25.0 Å². The average Bonchev–Trinajstić information content (AvgIpc) is 3.38. The number of rotatable bonds is 5. The minimum atomic E-state index is -0.0825. The predicted octanol–water partition coefficient (Wildman–Crippen LogP) is 1.46. The first kappa shape index (κ1) is 20.8. The van der Waals surface area contributed by atoms with Crippen LogP contribution in [0.3, 0.4) is 0 Å². The van der Waals surface area contributed by atoms with Gasteiger partial charge in [-0.1, -0.05) is 0 Å². The van der Waals surface area contributed by atoms with E-state index in [0.29, 0.717) is 12.4 Å². The van der Waals surface area contributed by atoms with Gasteiger partial charge in [0.15, 0.2) is 5.82 Å². The highest BCUT2D eigenvalue weighted by atomic mass is 16.1. The van der Waals surface area contributed by atoms with Gasteiger partial charge in [0.1, 0.15) is 11.6 Å². The van der Waals surface area contributed by atoms with Crippen LogP contribution in [0.1, 0.15) is 34.9 Å². The topological polar surface area (TPSA) is 85.0 Å². The Labute approximate surface area is 187 Å². The van der Waals surface area contributed by atoms with Crippen molar-refractivity contribution in [2.24, 2.45) is 0 Å². The Balaban J connectivity index is 1.23. The van der Waals surface area contributed by atoms with E-state index in [1.165, 1.54) is 17.7 Å². The third-order valence-corrected chi connectivity index (χ3v) is 6.40. The molecule has 2 aliphatic rings. The van der Waals surface area contributed by atoms with Crippen LogP contribution in [0, 0.1) is 20.8 Å². The second kappa shape index (κ2) is 8.46. The highest BCUT2D eigenvalue weighted by molar-refractivity contribution is 5.51. The Morgan fingerprint density at radius 3 is 2.50 bits per heavy atom. The summed E-state index contributed by atoms with van der Waals surface area (Å²) in [6.07, 6.45) is 3.34. The van der Waals surface area contributed by atoms with E-state index in [-0.39, 0.29) is 5.56 Å². The molecule has 1 aliphatic carbocycles. The van der Waals surface area contributed by atoms with Gasteiger partial charge in [0.05, 0.1) is 12.2 Å². The Morgan fingerprint density at radius 2 is 1.75 bits per heavy atom. The largest absolute Gasteiger partial charge is 0.354 e. The molecule has 0 unspecified atom stereocenters. The SMILES string of the molecule is Cc1cc(C)n(-c2ccc(=O)n(CCN3CCN(c4nc(C)nc5c4CCC5)CC3)n2)n1. The van der Waals surface area contributed by atoms with E-state index in [1.807, 2.05) is 26.8 Å². The zero-order chi connectivity index (χ0) is 22.2. The minimum Gasteiger partial charge on any atom is -0.354 e. The van der Waals surface area contributed by atoms with Gasteiger partial charge >= 0.3 is 0 Å². The van der Waals surface area contributed by atoms with Crippen molar-refractivity contribution in [3.05, 3.63) is 57.0 Å². The van der Waals surface area contributed by atoms with Crippen molar-refractivity contribution in [2.75, 3.05) is 37.6 Å². The first-order valence-electron chi connectivity index (χ1n) is 11.4. The third kappa shape index (κ3) is 4.04. The van der Waals surface area contributed by atoms with Crippen molar-refractivity contribution in [3.63, 3.8) is 0 Å². The lowest BCUT2D eigenvalue weighted by Crippen LogP contribution is -2.48. The molecule has 0 radical (unpaired) electrons. The molecule has 5 rings (SSSR count). The van der Waals surface area contributed by atoms with E-state index >= 15 is 0 Å². The van der Waals surface area contributed by atoms with Crippen molar-refractivity contribution in [1.29, 1.82) is 0 Å². The fourth-order valence-electron chi connectivity index (χ4n) is 4.79. The normalized spacial score (nSPS) is 16.5. The Morgan fingerprint density at radius 1 is 0.938 bits per heavy atom. The molecule has 1 fully saturated rings. The first-order valence-corrected chi connectivity index (χ1v) is 11.4. The van der Waals surface area contributed by atoms with Crippen molar-refractivity contribution in [2.45, 2.75) is 46.6 Å². The molecule has 0 aromatic carbocycles. The van der Waals surface area contributed by atoms with Crippen LogP contribution in [0.5, 0.6) is 0 Å². The standard InChI is InChI=1S/C23H30N8O/c1-16-15-17(2)31(26-16)21-7-8-22(32)30(27-21)14-11-28-9-12-29(13-10-28)23-19-5-4-6-20(19)24-18(3)25-23/h7-8,15H,4-6,9-14H2,1-3H3. The predicted molar refractivity (Wildman–Crippen MR) is 123 cm³/mol. The van der Waals surface area contributed by atoms with Gasteiger partial charge in [-0.2, -0.15) is 5.10 Å². The zero-order valence-corrected chi connectivity index (χ0v) is 19.1. The van der Waals surface area contributed by atoms with E-state index in [1.54, 1.807) is 21.5 Å². The average molecular weight is 435 g/mol. The Kier molecular flexibility index (Phi) is 5.50. The summed E-state index contributed by atoms with van der Waals surface area (Å²) in [5, 5.41) is 9.04. The van der Waals surface area contributed by atoms with Crippen molar-refractivity contribution < 1.29 is 0 Å². The number of anilines is 1. The second-order valence-electron chi connectivity index (χ2n) is 8.79. The summed E-state index contributed by atoms with van der Waals surface area (Å²) < 4.78 is 3.34. The zero-order valence-electron chi connectivity index (χ0n) is 19.1. The van der Waals surface area contributed by atoms with Gasteiger partial charge in [-0.25, -0.2) is 19.3 Å². The van der Waals surface area contributed by atoms with Gasteiger partial charge in [0, 0.05) is 55.7 Å². The number of nitrogens with zero attached hydrogens (tertiary/aromatic N) is 8. The van der Waals surface area contributed by atoms with Crippen LogP contribution >= 0.6 is 0 Å². The van der Waals surface area contributed by atoms with Gasteiger partial charge in [0.25, 0.3) is 5.56 Å². The summed E-state index contributed by atoms with van der Waals surface area (Å²) in [6.45, 7) is 11.1. The summed E-state index contributed by atoms with van der Waals surface area (Å²) >= 11 is 0. The first-order chi connectivity index (χ1) is 15.5. The van der Waals surface area contributed by atoms with Gasteiger partial charge in [-0.3, -0.25) is 9.69 Å². The molecule has 9 heteroatoms. The van der Waals surface area contributed by atoms with E-state index in [4.69, 9.17) is 4.98 Å². The monoisotopic (exact) mass is 434 g/mol. The van der Waals surface area contributed by atoms with Gasteiger partial charge in [-0.15, -0.1) is 5.10 Å². The molecule has 0 amide bonds. The Bertz CT molecular complexity index is 1190. The number of piperazine rings is 1. The molecule has 4 heterocycles. The van der Waals surface area contributed by atoms with Crippen molar-refractivity contribution in [3.8, 4) is 5.82 Å². The molecule has 0 spiro atoms. The molecule has 1 aliphatic heterocycles. The van der Waals surface area contributed by atoms with E-state index in [0.717, 1.165) is 68.6 Å². The number of fused-ring (bicyclic) bond motifs is 1. The molecule has 0 atom stereocenters. The molecule has 1 saturated heterocycles. The number of hydrogen-bond acceptors (Lipinski definition) is 7. The quantitative estimate of drug-likeness (QED) is 0.601. The molecular formula is C23H30N8O. The lowest BCUT2D eigenvalue weighted by atomic mass is 10.2. The fraction of sp³-hybridized carbons (Fsp3) is 0.522. The van der Waals surface area contributed by atoms with Crippen molar-refractivity contribution >= 4 is 5.82 Å². The smallest absolute Gasteiger partial charge is 0.266 e. The summed E-state index contributed by atoms with van der Waals surface area (Å²) in [5.41, 5.74) is 4.44. The second-order valence-corrected chi connectivity index (χ2v) is 8.79. The van der Waals surface area contributed by atoms with Gasteiger partial charge < -0.3 is 4.90 Å². The van der Waals surface area contributed by atoms with Crippen LogP contribution in [0.25, 0.3) is 5.82 Å². The molecular weight excluding hydrogens is 404 g/mol. The fourth-order valence-corrected chi connectivity index (χ4v) is 4.79. The summed E-state index contributed by atoms with van der Waals surface area (Å²) in [7, 11) is 0. The van der Waals surface area contributed by atoms with Crippen molar-refractivity contribution in [1.82, 2.24) is 34.4 Å². The maximum Gasteiger partial charge on any atom is 0.266 e. The third-order valence-electron chi connectivity index (χ3n) is 6.40. The van der Waals surface area contributed by atoms with Gasteiger partial charge in [-0.05, 0) is 52.2 Å². The van der Waals surface area contributed by atoms with Gasteiger partial charge in [0.2, 0.25) is 0 Å². The van der Waals surface area contributed by atoms with Crippen LogP contribution in [-0.2, 0) is 19.4 Å². The van der Waals surface area contributed by atoms with E-state index < -0.39 is 0 Å². The Hall–Kier alpha value is -3.07. The summed E-state index contributed by atoms with van der Waals surface area (Å²) in [4.78, 5) is 26.6.